The quantitative estimate of drug-likeness (QED) is 0.294. The molecule has 0 unspecified atom stereocenters. The molecule has 8 heteroatoms. The van der Waals surface area contributed by atoms with Crippen molar-refractivity contribution in [2.45, 2.75) is 12.1 Å². The number of thioether (sulfide) groups is 1. The van der Waals surface area contributed by atoms with Gasteiger partial charge in [0.05, 0.1) is 17.5 Å². The molecule has 0 aliphatic rings. The van der Waals surface area contributed by atoms with Gasteiger partial charge in [-0.1, -0.05) is 11.8 Å². The third kappa shape index (κ3) is 3.09. The lowest BCUT2D eigenvalue weighted by Gasteiger charge is -2.00. The normalized spacial score (nSPS) is 10.6. The first-order chi connectivity index (χ1) is 7.54. The first-order valence-electron chi connectivity index (χ1n) is 4.28. The van der Waals surface area contributed by atoms with Crippen LogP contribution in [0.15, 0.2) is 15.1 Å². The van der Waals surface area contributed by atoms with Crippen molar-refractivity contribution in [2.75, 3.05) is 6.26 Å². The summed E-state index contributed by atoms with van der Waals surface area (Å²) in [5.41, 5.74) is 7.31. The molecule has 1 aromatic rings. The van der Waals surface area contributed by atoms with Crippen LogP contribution in [0, 0.1) is 6.92 Å². The number of hydrazone groups is 1. The van der Waals surface area contributed by atoms with Crippen LogP contribution in [-0.2, 0) is 0 Å². The summed E-state index contributed by atoms with van der Waals surface area (Å²) >= 11 is 1.33. The molecule has 0 spiro atoms. The van der Waals surface area contributed by atoms with Crippen molar-refractivity contribution in [3.8, 4) is 0 Å². The SMILES string of the molecule is CSc1nc(C)c(/C=N/NC(N)=O)c(=O)[nH]1. The number of nitrogens with zero attached hydrogens (tertiary/aromatic N) is 2. The zero-order chi connectivity index (χ0) is 12.1. The van der Waals surface area contributed by atoms with E-state index in [0.29, 0.717) is 10.9 Å². The number of aromatic nitrogens is 2. The van der Waals surface area contributed by atoms with Gasteiger partial charge in [-0.15, -0.1) is 0 Å². The lowest BCUT2D eigenvalue weighted by molar-refractivity contribution is 0.249. The van der Waals surface area contributed by atoms with Crippen molar-refractivity contribution in [3.63, 3.8) is 0 Å². The summed E-state index contributed by atoms with van der Waals surface area (Å²) in [5.74, 6) is 0. The number of nitrogens with two attached hydrogens (primary N) is 1. The van der Waals surface area contributed by atoms with Gasteiger partial charge in [0.25, 0.3) is 5.56 Å². The third-order valence-electron chi connectivity index (χ3n) is 1.69. The Hall–Kier alpha value is -1.83. The number of carbonyl (C=O) groups excluding carboxylic acids is 1. The van der Waals surface area contributed by atoms with Gasteiger partial charge in [0.1, 0.15) is 0 Å². The molecule has 0 aromatic carbocycles. The predicted octanol–water partition coefficient (Wildman–Crippen LogP) is -0.198. The molecule has 0 radical (unpaired) electrons. The predicted molar refractivity (Wildman–Crippen MR) is 61.7 cm³/mol. The summed E-state index contributed by atoms with van der Waals surface area (Å²) in [7, 11) is 0. The summed E-state index contributed by atoms with van der Waals surface area (Å²) in [6.45, 7) is 1.68. The lowest BCUT2D eigenvalue weighted by atomic mass is 10.2. The van der Waals surface area contributed by atoms with Crippen LogP contribution in [0.2, 0.25) is 0 Å². The van der Waals surface area contributed by atoms with Crippen LogP contribution in [-0.4, -0.2) is 28.5 Å². The average molecular weight is 241 g/mol. The molecule has 0 saturated carbocycles. The topological polar surface area (TPSA) is 113 Å². The molecule has 7 nitrogen and oxygen atoms in total. The summed E-state index contributed by atoms with van der Waals surface area (Å²) < 4.78 is 0. The van der Waals surface area contributed by atoms with Gasteiger partial charge in [0.2, 0.25) is 0 Å². The van der Waals surface area contributed by atoms with E-state index in [0.717, 1.165) is 0 Å². The third-order valence-corrected chi connectivity index (χ3v) is 2.27. The number of aryl methyl sites for hydroxylation is 1. The number of rotatable bonds is 3. The Labute approximate surface area is 95.5 Å². The summed E-state index contributed by atoms with van der Waals surface area (Å²) in [5, 5.41) is 4.03. The molecule has 0 bridgehead atoms. The van der Waals surface area contributed by atoms with Crippen molar-refractivity contribution in [1.82, 2.24) is 15.4 Å². The molecule has 0 atom stereocenters. The minimum atomic E-state index is -0.793. The van der Waals surface area contributed by atoms with E-state index in [9.17, 15) is 9.59 Å². The molecule has 4 N–H and O–H groups in total. The molecule has 1 heterocycles. The van der Waals surface area contributed by atoms with Crippen LogP contribution in [0.25, 0.3) is 0 Å². The van der Waals surface area contributed by atoms with Crippen molar-refractivity contribution in [3.05, 3.63) is 21.6 Å². The van der Waals surface area contributed by atoms with Crippen molar-refractivity contribution < 1.29 is 4.79 Å². The number of carbonyl (C=O) groups is 1. The van der Waals surface area contributed by atoms with Gasteiger partial charge in [0, 0.05) is 0 Å². The molecule has 86 valence electrons. The minimum Gasteiger partial charge on any atom is -0.350 e. The van der Waals surface area contributed by atoms with Gasteiger partial charge in [-0.3, -0.25) is 4.79 Å². The van der Waals surface area contributed by atoms with E-state index >= 15 is 0 Å². The van der Waals surface area contributed by atoms with Crippen LogP contribution < -0.4 is 16.7 Å². The van der Waals surface area contributed by atoms with E-state index in [-0.39, 0.29) is 11.1 Å². The van der Waals surface area contributed by atoms with Crippen LogP contribution >= 0.6 is 11.8 Å². The first kappa shape index (κ1) is 12.2. The van der Waals surface area contributed by atoms with Crippen LogP contribution in [0.5, 0.6) is 0 Å². The fourth-order valence-corrected chi connectivity index (χ4v) is 1.40. The fourth-order valence-electron chi connectivity index (χ4n) is 0.978. The number of aromatic amines is 1. The standard InChI is InChI=1S/C8H11N5O2S/c1-4-5(3-10-13-7(9)15)6(14)12-8(11-4)16-2/h3H,1-2H3,(H3,9,13,15)(H,11,12,14)/b10-3+. The lowest BCUT2D eigenvalue weighted by Crippen LogP contribution is -2.25. The Balaban J connectivity index is 3.01. The van der Waals surface area contributed by atoms with Gasteiger partial charge >= 0.3 is 6.03 Å². The van der Waals surface area contributed by atoms with E-state index in [1.165, 1.54) is 18.0 Å². The molecule has 16 heavy (non-hydrogen) atoms. The second kappa shape index (κ2) is 5.31. The highest BCUT2D eigenvalue weighted by atomic mass is 32.2. The van der Waals surface area contributed by atoms with E-state index in [1.54, 1.807) is 13.2 Å². The number of primary amides is 1. The monoisotopic (exact) mass is 241 g/mol. The minimum absolute atomic E-state index is 0.284. The molecule has 1 aromatic heterocycles. The van der Waals surface area contributed by atoms with Crippen LogP contribution in [0.1, 0.15) is 11.3 Å². The Bertz CT molecular complexity index is 482. The summed E-state index contributed by atoms with van der Waals surface area (Å²) in [4.78, 5) is 28.6. The zero-order valence-electron chi connectivity index (χ0n) is 8.77. The molecule has 0 aliphatic heterocycles. The van der Waals surface area contributed by atoms with Gasteiger partial charge in [-0.2, -0.15) is 5.10 Å². The van der Waals surface area contributed by atoms with Crippen LogP contribution in [0.4, 0.5) is 4.79 Å². The molecule has 2 amide bonds. The fraction of sp³-hybridized carbons (Fsp3) is 0.250. The Kier molecular flexibility index (Phi) is 4.06. The highest BCUT2D eigenvalue weighted by molar-refractivity contribution is 7.98. The van der Waals surface area contributed by atoms with Crippen molar-refractivity contribution in [1.29, 1.82) is 0 Å². The number of urea groups is 1. The highest BCUT2D eigenvalue weighted by Gasteiger charge is 2.05. The van der Waals surface area contributed by atoms with Crippen molar-refractivity contribution in [2.24, 2.45) is 10.8 Å². The number of hydrogen-bond donors (Lipinski definition) is 3. The first-order valence-corrected chi connectivity index (χ1v) is 5.50. The van der Waals surface area contributed by atoms with Gasteiger partial charge < -0.3 is 10.7 Å². The van der Waals surface area contributed by atoms with E-state index in [2.05, 4.69) is 15.1 Å². The number of nitrogens with one attached hydrogen (secondary N) is 2. The number of amides is 2. The van der Waals surface area contributed by atoms with Gasteiger partial charge in [-0.25, -0.2) is 15.2 Å². The second-order valence-corrected chi connectivity index (χ2v) is 3.60. The highest BCUT2D eigenvalue weighted by Crippen LogP contribution is 2.06. The summed E-state index contributed by atoms with van der Waals surface area (Å²) in [6.07, 6.45) is 3.01. The maximum atomic E-state index is 11.6. The number of H-pyrrole nitrogens is 1. The molecule has 1 rings (SSSR count). The van der Waals surface area contributed by atoms with E-state index < -0.39 is 6.03 Å². The largest absolute Gasteiger partial charge is 0.350 e. The number of hydrogen-bond acceptors (Lipinski definition) is 5. The van der Waals surface area contributed by atoms with Gasteiger partial charge in [-0.05, 0) is 13.2 Å². The van der Waals surface area contributed by atoms with E-state index in [1.807, 2.05) is 5.43 Å². The maximum Gasteiger partial charge on any atom is 0.332 e. The Morgan fingerprint density at radius 3 is 2.88 bits per heavy atom. The smallest absolute Gasteiger partial charge is 0.332 e. The average Bonchev–Trinajstić information content (AvgIpc) is 2.21. The molecular formula is C8H11N5O2S. The second-order valence-electron chi connectivity index (χ2n) is 2.81. The molecule has 0 saturated heterocycles. The Morgan fingerprint density at radius 1 is 1.69 bits per heavy atom. The zero-order valence-corrected chi connectivity index (χ0v) is 9.59. The maximum absolute atomic E-state index is 11.6. The molecule has 0 fully saturated rings. The Morgan fingerprint density at radius 2 is 2.38 bits per heavy atom. The summed E-state index contributed by atoms with van der Waals surface area (Å²) in [6, 6.07) is -0.793. The molecule has 0 aliphatic carbocycles. The van der Waals surface area contributed by atoms with E-state index in [4.69, 9.17) is 5.73 Å². The van der Waals surface area contributed by atoms with Crippen molar-refractivity contribution >= 4 is 24.0 Å². The van der Waals surface area contributed by atoms with Crippen LogP contribution in [0.3, 0.4) is 0 Å². The van der Waals surface area contributed by atoms with Gasteiger partial charge in [0.15, 0.2) is 5.16 Å². The molecular weight excluding hydrogens is 230 g/mol.